The van der Waals surface area contributed by atoms with Crippen molar-refractivity contribution < 1.29 is 14.4 Å². The van der Waals surface area contributed by atoms with Crippen LogP contribution in [0.1, 0.15) is 11.1 Å². The van der Waals surface area contributed by atoms with Gasteiger partial charge in [-0.25, -0.2) is 0 Å². The number of carbonyl (C=O) groups is 3. The zero-order valence-corrected chi connectivity index (χ0v) is 13.4. The van der Waals surface area contributed by atoms with E-state index in [1.165, 1.54) is 11.1 Å². The molecule has 2 saturated heterocycles. The second-order valence-corrected chi connectivity index (χ2v) is 6.57. The highest BCUT2D eigenvalue weighted by Gasteiger charge is 2.40. The van der Waals surface area contributed by atoms with Gasteiger partial charge >= 0.3 is 0 Å². The van der Waals surface area contributed by atoms with Crippen LogP contribution < -0.4 is 5.32 Å². The maximum Gasteiger partial charge on any atom is 0.245 e. The van der Waals surface area contributed by atoms with Gasteiger partial charge in [0.05, 0.1) is 19.6 Å². The molecule has 1 N–H and O–H groups in total. The third-order valence-electron chi connectivity index (χ3n) is 5.04. The number of hydrogen-bond acceptors (Lipinski definition) is 4. The Labute approximate surface area is 140 Å². The summed E-state index contributed by atoms with van der Waals surface area (Å²) in [5.74, 6) is -0.212. The molecule has 3 aliphatic heterocycles. The standard InChI is InChI=1S/C17H20N4O3/c22-15-7-18-17(24)14-10-20(5-6-21(14)15)16(23)11-19-8-12-3-1-2-4-13(12)9-19/h1-4,14H,5-11H2,(H,18,24)/t14-/m0/s1. The topological polar surface area (TPSA) is 73.0 Å². The lowest BCUT2D eigenvalue weighted by atomic mass is 10.1. The number of carbonyl (C=O) groups excluding carboxylic acids is 3. The summed E-state index contributed by atoms with van der Waals surface area (Å²) in [7, 11) is 0. The first-order valence-corrected chi connectivity index (χ1v) is 8.26. The van der Waals surface area contributed by atoms with Crippen LogP contribution in [0.15, 0.2) is 24.3 Å². The van der Waals surface area contributed by atoms with Crippen molar-refractivity contribution in [3.05, 3.63) is 35.4 Å². The normalized spacial score (nSPS) is 23.8. The van der Waals surface area contributed by atoms with Crippen molar-refractivity contribution in [3.8, 4) is 0 Å². The number of benzene rings is 1. The number of nitrogens with one attached hydrogen (secondary N) is 1. The van der Waals surface area contributed by atoms with E-state index in [9.17, 15) is 14.4 Å². The Morgan fingerprint density at radius 2 is 1.83 bits per heavy atom. The Balaban J connectivity index is 1.38. The number of amides is 3. The second kappa shape index (κ2) is 5.90. The van der Waals surface area contributed by atoms with E-state index in [1.807, 2.05) is 12.1 Å². The maximum atomic E-state index is 12.6. The van der Waals surface area contributed by atoms with Crippen LogP contribution in [0.3, 0.4) is 0 Å². The van der Waals surface area contributed by atoms with Gasteiger partial charge in [-0.1, -0.05) is 24.3 Å². The third kappa shape index (κ3) is 2.65. The summed E-state index contributed by atoms with van der Waals surface area (Å²) >= 11 is 0. The van der Waals surface area contributed by atoms with Gasteiger partial charge in [-0.2, -0.15) is 0 Å². The molecule has 2 fully saturated rings. The molecule has 0 radical (unpaired) electrons. The molecule has 0 spiro atoms. The fraction of sp³-hybridized carbons (Fsp3) is 0.471. The zero-order chi connectivity index (χ0) is 16.7. The molecular formula is C17H20N4O3. The first kappa shape index (κ1) is 15.1. The van der Waals surface area contributed by atoms with Gasteiger partial charge in [0.15, 0.2) is 0 Å². The van der Waals surface area contributed by atoms with Crippen molar-refractivity contribution in [3.63, 3.8) is 0 Å². The molecule has 4 rings (SSSR count). The number of fused-ring (bicyclic) bond motifs is 2. The zero-order valence-electron chi connectivity index (χ0n) is 13.4. The summed E-state index contributed by atoms with van der Waals surface area (Å²) in [4.78, 5) is 41.9. The predicted molar refractivity (Wildman–Crippen MR) is 85.6 cm³/mol. The number of nitrogens with zero attached hydrogens (tertiary/aromatic N) is 3. The lowest BCUT2D eigenvalue weighted by Gasteiger charge is -2.43. The van der Waals surface area contributed by atoms with E-state index >= 15 is 0 Å². The Hall–Kier alpha value is -2.41. The van der Waals surface area contributed by atoms with E-state index in [1.54, 1.807) is 9.80 Å². The van der Waals surface area contributed by atoms with Gasteiger partial charge in [-0.15, -0.1) is 0 Å². The third-order valence-corrected chi connectivity index (χ3v) is 5.04. The fourth-order valence-corrected chi connectivity index (χ4v) is 3.72. The van der Waals surface area contributed by atoms with E-state index < -0.39 is 6.04 Å². The molecule has 3 heterocycles. The minimum absolute atomic E-state index is 0.0216. The highest BCUT2D eigenvalue weighted by molar-refractivity contribution is 5.95. The van der Waals surface area contributed by atoms with Crippen LogP contribution >= 0.6 is 0 Å². The van der Waals surface area contributed by atoms with Crippen LogP contribution in [0, 0.1) is 0 Å². The first-order valence-electron chi connectivity index (χ1n) is 8.26. The molecule has 126 valence electrons. The Morgan fingerprint density at radius 1 is 1.12 bits per heavy atom. The molecule has 3 amide bonds. The fourth-order valence-electron chi connectivity index (χ4n) is 3.72. The van der Waals surface area contributed by atoms with Crippen molar-refractivity contribution in [1.29, 1.82) is 0 Å². The molecule has 7 heteroatoms. The number of hydrogen-bond donors (Lipinski definition) is 1. The van der Waals surface area contributed by atoms with Crippen molar-refractivity contribution in [1.82, 2.24) is 20.0 Å². The molecule has 0 bridgehead atoms. The van der Waals surface area contributed by atoms with Crippen molar-refractivity contribution in [2.24, 2.45) is 0 Å². The Kier molecular flexibility index (Phi) is 3.72. The minimum atomic E-state index is -0.542. The SMILES string of the molecule is O=C1NCC(=O)N2CCN(C(=O)CN3Cc4ccccc4C3)C[C@@H]12. The molecule has 3 aliphatic rings. The molecule has 1 aromatic rings. The monoisotopic (exact) mass is 328 g/mol. The van der Waals surface area contributed by atoms with Gasteiger partial charge in [-0.3, -0.25) is 19.3 Å². The Bertz CT molecular complexity index is 680. The summed E-state index contributed by atoms with van der Waals surface area (Å²) in [6, 6.07) is 7.68. The average molecular weight is 328 g/mol. The van der Waals surface area contributed by atoms with E-state index in [2.05, 4.69) is 22.3 Å². The highest BCUT2D eigenvalue weighted by Crippen LogP contribution is 2.22. The highest BCUT2D eigenvalue weighted by atomic mass is 16.2. The van der Waals surface area contributed by atoms with E-state index in [0.717, 1.165) is 13.1 Å². The van der Waals surface area contributed by atoms with Crippen LogP contribution in [-0.4, -0.2) is 71.2 Å². The van der Waals surface area contributed by atoms with Crippen LogP contribution in [0.25, 0.3) is 0 Å². The summed E-state index contributed by atoms with van der Waals surface area (Å²) in [6.45, 7) is 3.19. The molecule has 7 nitrogen and oxygen atoms in total. The van der Waals surface area contributed by atoms with E-state index in [0.29, 0.717) is 19.6 Å². The van der Waals surface area contributed by atoms with Crippen LogP contribution in [0.2, 0.25) is 0 Å². The largest absolute Gasteiger partial charge is 0.345 e. The first-order chi connectivity index (χ1) is 11.6. The van der Waals surface area contributed by atoms with Crippen molar-refractivity contribution in [2.45, 2.75) is 19.1 Å². The average Bonchev–Trinajstić information content (AvgIpc) is 3.00. The number of piperazine rings is 2. The summed E-state index contributed by atoms with van der Waals surface area (Å²) in [6.07, 6.45) is 0. The van der Waals surface area contributed by atoms with Crippen molar-refractivity contribution in [2.75, 3.05) is 32.7 Å². The van der Waals surface area contributed by atoms with E-state index in [-0.39, 0.29) is 30.8 Å². The number of rotatable bonds is 2. The van der Waals surface area contributed by atoms with Gasteiger partial charge in [0.1, 0.15) is 6.04 Å². The van der Waals surface area contributed by atoms with Gasteiger partial charge in [0.25, 0.3) is 0 Å². The molecule has 24 heavy (non-hydrogen) atoms. The second-order valence-electron chi connectivity index (χ2n) is 6.57. The molecule has 1 atom stereocenters. The maximum absolute atomic E-state index is 12.6. The smallest absolute Gasteiger partial charge is 0.245 e. The predicted octanol–water partition coefficient (Wildman–Crippen LogP) is -0.829. The van der Waals surface area contributed by atoms with Gasteiger partial charge in [0, 0.05) is 26.2 Å². The van der Waals surface area contributed by atoms with Crippen LogP contribution in [-0.2, 0) is 27.5 Å². The molecule has 0 aromatic heterocycles. The molecule has 0 unspecified atom stereocenters. The molecule has 0 saturated carbocycles. The molecule has 1 aromatic carbocycles. The van der Waals surface area contributed by atoms with Crippen LogP contribution in [0.5, 0.6) is 0 Å². The lowest BCUT2D eigenvalue weighted by molar-refractivity contribution is -0.152. The summed E-state index contributed by atoms with van der Waals surface area (Å²) in [5.41, 5.74) is 2.54. The van der Waals surface area contributed by atoms with E-state index in [4.69, 9.17) is 0 Å². The summed E-state index contributed by atoms with van der Waals surface area (Å²) in [5, 5.41) is 2.60. The van der Waals surface area contributed by atoms with Crippen LogP contribution in [0.4, 0.5) is 0 Å². The Morgan fingerprint density at radius 3 is 2.54 bits per heavy atom. The summed E-state index contributed by atoms with van der Waals surface area (Å²) < 4.78 is 0. The van der Waals surface area contributed by atoms with Gasteiger partial charge in [0.2, 0.25) is 17.7 Å². The molecule has 0 aliphatic carbocycles. The van der Waals surface area contributed by atoms with Gasteiger partial charge in [-0.05, 0) is 11.1 Å². The minimum Gasteiger partial charge on any atom is -0.345 e. The lowest BCUT2D eigenvalue weighted by Crippen LogP contribution is -2.67. The van der Waals surface area contributed by atoms with Gasteiger partial charge < -0.3 is 15.1 Å². The molecular weight excluding hydrogens is 308 g/mol. The quantitative estimate of drug-likeness (QED) is 0.769. The van der Waals surface area contributed by atoms with Crippen molar-refractivity contribution >= 4 is 17.7 Å².